The van der Waals surface area contributed by atoms with Crippen LogP contribution >= 0.6 is 23.1 Å². The normalized spacial score (nSPS) is 21.0. The summed E-state index contributed by atoms with van der Waals surface area (Å²) in [6.07, 6.45) is 3.13. The summed E-state index contributed by atoms with van der Waals surface area (Å²) in [5.74, 6) is 1.63. The Morgan fingerprint density at radius 3 is 2.96 bits per heavy atom. The number of carbonyl (C=O) groups excluding carboxylic acids is 1. The van der Waals surface area contributed by atoms with Crippen LogP contribution in [0.4, 0.5) is 5.00 Å². The van der Waals surface area contributed by atoms with Gasteiger partial charge in [0.2, 0.25) is 5.91 Å². The Kier molecular flexibility index (Phi) is 3.62. The minimum absolute atomic E-state index is 0.0601. The largest absolute Gasteiger partial charge is 0.309 e. The number of hydrogen-bond donors (Lipinski definition) is 0. The standard InChI is InChI=1S/C15H15N5OS2/c1-19-12(9-2-3-9)17-18-15(19)23-11-4-6-20(13(11)21)14-10(8-16)5-7-22-14/h5,7,9,11H,2-4,6H2,1H3. The van der Waals surface area contributed by atoms with Crippen molar-refractivity contribution in [3.8, 4) is 6.07 Å². The fourth-order valence-corrected chi connectivity index (χ4v) is 4.74. The second-order valence-corrected chi connectivity index (χ2v) is 7.87. The quantitative estimate of drug-likeness (QED) is 0.851. The summed E-state index contributed by atoms with van der Waals surface area (Å²) >= 11 is 2.93. The molecule has 1 amide bonds. The van der Waals surface area contributed by atoms with Crippen LogP contribution in [0.5, 0.6) is 0 Å². The Balaban J connectivity index is 1.51. The summed E-state index contributed by atoms with van der Waals surface area (Å²) in [5, 5.41) is 20.9. The summed E-state index contributed by atoms with van der Waals surface area (Å²) in [5.41, 5.74) is 0.573. The van der Waals surface area contributed by atoms with Crippen molar-refractivity contribution in [3.63, 3.8) is 0 Å². The van der Waals surface area contributed by atoms with Crippen molar-refractivity contribution >= 4 is 34.0 Å². The van der Waals surface area contributed by atoms with Crippen LogP contribution in [0.1, 0.15) is 36.6 Å². The maximum atomic E-state index is 12.7. The SMILES string of the molecule is Cn1c(SC2CCN(c3sccc3C#N)C2=O)nnc1C1CC1. The zero-order valence-corrected chi connectivity index (χ0v) is 14.2. The number of aromatic nitrogens is 3. The van der Waals surface area contributed by atoms with Gasteiger partial charge in [0, 0.05) is 19.5 Å². The molecular weight excluding hydrogens is 330 g/mol. The van der Waals surface area contributed by atoms with Crippen LogP contribution < -0.4 is 4.90 Å². The molecule has 0 radical (unpaired) electrons. The van der Waals surface area contributed by atoms with Crippen molar-refractivity contribution in [2.24, 2.45) is 7.05 Å². The van der Waals surface area contributed by atoms with Crippen LogP contribution in [-0.4, -0.2) is 32.5 Å². The van der Waals surface area contributed by atoms with Gasteiger partial charge in [-0.2, -0.15) is 5.26 Å². The maximum Gasteiger partial charge on any atom is 0.241 e. The molecule has 1 atom stereocenters. The molecule has 1 aliphatic heterocycles. The van der Waals surface area contributed by atoms with Crippen molar-refractivity contribution in [2.75, 3.05) is 11.4 Å². The highest BCUT2D eigenvalue weighted by molar-refractivity contribution is 8.00. The average Bonchev–Trinajstić information content (AvgIpc) is 3.01. The van der Waals surface area contributed by atoms with Crippen molar-refractivity contribution in [2.45, 2.75) is 35.6 Å². The number of thioether (sulfide) groups is 1. The van der Waals surface area contributed by atoms with E-state index in [-0.39, 0.29) is 11.2 Å². The van der Waals surface area contributed by atoms with E-state index in [1.165, 1.54) is 35.9 Å². The molecular formula is C15H15N5OS2. The average molecular weight is 345 g/mol. The van der Waals surface area contributed by atoms with E-state index >= 15 is 0 Å². The van der Waals surface area contributed by atoms with Gasteiger partial charge >= 0.3 is 0 Å². The molecule has 2 fully saturated rings. The zero-order valence-electron chi connectivity index (χ0n) is 12.6. The second-order valence-electron chi connectivity index (χ2n) is 5.81. The third-order valence-corrected chi connectivity index (χ3v) is 6.45. The first-order valence-corrected chi connectivity index (χ1v) is 9.30. The van der Waals surface area contributed by atoms with E-state index in [4.69, 9.17) is 5.26 Å². The molecule has 2 aromatic heterocycles. The number of amides is 1. The highest BCUT2D eigenvalue weighted by Gasteiger charge is 2.37. The smallest absolute Gasteiger partial charge is 0.241 e. The van der Waals surface area contributed by atoms with Gasteiger partial charge in [-0.15, -0.1) is 21.5 Å². The van der Waals surface area contributed by atoms with Crippen LogP contribution in [0.15, 0.2) is 16.6 Å². The Hall–Kier alpha value is -1.85. The number of hydrogen-bond acceptors (Lipinski definition) is 6. The lowest BCUT2D eigenvalue weighted by Crippen LogP contribution is -2.28. The van der Waals surface area contributed by atoms with Gasteiger partial charge in [0.05, 0.1) is 10.8 Å². The fourth-order valence-electron chi connectivity index (χ4n) is 2.81. The Morgan fingerprint density at radius 1 is 1.39 bits per heavy atom. The molecule has 0 bridgehead atoms. The van der Waals surface area contributed by atoms with Gasteiger partial charge in [0.1, 0.15) is 16.9 Å². The van der Waals surface area contributed by atoms with Gasteiger partial charge < -0.3 is 9.47 Å². The van der Waals surface area contributed by atoms with E-state index in [1.54, 1.807) is 11.0 Å². The summed E-state index contributed by atoms with van der Waals surface area (Å²) in [7, 11) is 1.97. The number of rotatable bonds is 4. The van der Waals surface area contributed by atoms with E-state index in [0.29, 0.717) is 18.0 Å². The molecule has 6 nitrogen and oxygen atoms in total. The van der Waals surface area contributed by atoms with Gasteiger partial charge in [-0.1, -0.05) is 11.8 Å². The van der Waals surface area contributed by atoms with E-state index in [2.05, 4.69) is 16.3 Å². The van der Waals surface area contributed by atoms with E-state index < -0.39 is 0 Å². The van der Waals surface area contributed by atoms with E-state index in [0.717, 1.165) is 22.4 Å². The molecule has 2 aliphatic rings. The second kappa shape index (κ2) is 5.65. The molecule has 1 saturated carbocycles. The molecule has 1 saturated heterocycles. The van der Waals surface area contributed by atoms with Gasteiger partial charge in [-0.05, 0) is 30.7 Å². The Morgan fingerprint density at radius 2 is 2.22 bits per heavy atom. The van der Waals surface area contributed by atoms with Crippen molar-refractivity contribution in [1.29, 1.82) is 5.26 Å². The predicted octanol–water partition coefficient (Wildman–Crippen LogP) is 2.52. The Labute approximate surface area is 142 Å². The van der Waals surface area contributed by atoms with Crippen molar-refractivity contribution < 1.29 is 4.79 Å². The van der Waals surface area contributed by atoms with Crippen LogP contribution in [0.25, 0.3) is 0 Å². The number of nitrogens with zero attached hydrogens (tertiary/aromatic N) is 5. The molecule has 1 aliphatic carbocycles. The lowest BCUT2D eigenvalue weighted by atomic mass is 10.3. The van der Waals surface area contributed by atoms with Crippen LogP contribution in [0.3, 0.4) is 0 Å². The van der Waals surface area contributed by atoms with Crippen LogP contribution in [0, 0.1) is 11.3 Å². The highest BCUT2D eigenvalue weighted by Crippen LogP contribution is 2.41. The van der Waals surface area contributed by atoms with Crippen LogP contribution in [-0.2, 0) is 11.8 Å². The van der Waals surface area contributed by atoms with Crippen molar-refractivity contribution in [1.82, 2.24) is 14.8 Å². The number of thiophene rings is 1. The molecule has 0 N–H and O–H groups in total. The third-order valence-electron chi connectivity index (χ3n) is 4.23. The summed E-state index contributed by atoms with van der Waals surface area (Å²) in [6, 6.07) is 3.91. The van der Waals surface area contributed by atoms with E-state index in [1.807, 2.05) is 17.0 Å². The minimum Gasteiger partial charge on any atom is -0.309 e. The van der Waals surface area contributed by atoms with Crippen LogP contribution in [0.2, 0.25) is 0 Å². The topological polar surface area (TPSA) is 74.8 Å². The molecule has 0 aromatic carbocycles. The molecule has 4 rings (SSSR count). The molecule has 1 unspecified atom stereocenters. The minimum atomic E-state index is -0.154. The fraction of sp³-hybridized carbons (Fsp3) is 0.467. The molecule has 118 valence electrons. The molecule has 0 spiro atoms. The lowest BCUT2D eigenvalue weighted by Gasteiger charge is -2.14. The monoisotopic (exact) mass is 345 g/mol. The van der Waals surface area contributed by atoms with Gasteiger partial charge in [-0.25, -0.2) is 0 Å². The third kappa shape index (κ3) is 2.54. The predicted molar refractivity (Wildman–Crippen MR) is 88.6 cm³/mol. The number of carbonyl (C=O) groups is 1. The first-order valence-electron chi connectivity index (χ1n) is 7.54. The molecule has 23 heavy (non-hydrogen) atoms. The highest BCUT2D eigenvalue weighted by atomic mass is 32.2. The summed E-state index contributed by atoms with van der Waals surface area (Å²) < 4.78 is 2.02. The molecule has 8 heteroatoms. The van der Waals surface area contributed by atoms with E-state index in [9.17, 15) is 4.79 Å². The lowest BCUT2D eigenvalue weighted by molar-refractivity contribution is -0.116. The molecule has 2 aromatic rings. The molecule has 3 heterocycles. The first kappa shape index (κ1) is 14.7. The summed E-state index contributed by atoms with van der Waals surface area (Å²) in [6.45, 7) is 0.652. The first-order chi connectivity index (χ1) is 11.2. The maximum absolute atomic E-state index is 12.7. The number of anilines is 1. The zero-order chi connectivity index (χ0) is 16.0. The van der Waals surface area contributed by atoms with Gasteiger partial charge in [-0.3, -0.25) is 4.79 Å². The Bertz CT molecular complexity index is 801. The van der Waals surface area contributed by atoms with Gasteiger partial charge in [0.15, 0.2) is 5.16 Å². The van der Waals surface area contributed by atoms with Crippen molar-refractivity contribution in [3.05, 3.63) is 22.8 Å². The number of nitriles is 1. The van der Waals surface area contributed by atoms with Gasteiger partial charge in [0.25, 0.3) is 0 Å². The summed E-state index contributed by atoms with van der Waals surface area (Å²) in [4.78, 5) is 14.4.